The fraction of sp³-hybridized carbons (Fsp3) is 0.760. The van der Waals surface area contributed by atoms with Crippen molar-refractivity contribution < 1.29 is 23.9 Å². The SMILES string of the molecule is CCCCC/C=C/C/C=C/CCCCCCCC(=O)OC(CC(=O)[O-])C[N+](C)(C)C. The highest BCUT2D eigenvalue weighted by molar-refractivity contribution is 5.70. The highest BCUT2D eigenvalue weighted by atomic mass is 16.5. The van der Waals surface area contributed by atoms with Crippen LogP contribution in [-0.4, -0.2) is 50.2 Å². The topological polar surface area (TPSA) is 66.4 Å². The Morgan fingerprint density at radius 2 is 1.43 bits per heavy atom. The number of carboxylic acids is 1. The number of allylic oxidation sites excluding steroid dienone is 4. The van der Waals surface area contributed by atoms with E-state index in [9.17, 15) is 14.7 Å². The van der Waals surface area contributed by atoms with E-state index in [4.69, 9.17) is 4.74 Å². The Hall–Kier alpha value is -1.62. The fourth-order valence-corrected chi connectivity index (χ4v) is 3.27. The first-order chi connectivity index (χ1) is 14.2. The zero-order valence-electron chi connectivity index (χ0n) is 19.9. The van der Waals surface area contributed by atoms with Crippen LogP contribution in [0.2, 0.25) is 0 Å². The van der Waals surface area contributed by atoms with Crippen LogP contribution in [0.5, 0.6) is 0 Å². The summed E-state index contributed by atoms with van der Waals surface area (Å²) in [6.45, 7) is 2.69. The van der Waals surface area contributed by atoms with Gasteiger partial charge in [-0.2, -0.15) is 0 Å². The van der Waals surface area contributed by atoms with Crippen molar-refractivity contribution in [2.45, 2.75) is 96.5 Å². The van der Waals surface area contributed by atoms with E-state index in [1.165, 1.54) is 38.5 Å². The van der Waals surface area contributed by atoms with Crippen LogP contribution < -0.4 is 5.11 Å². The Balaban J connectivity index is 3.71. The molecule has 0 N–H and O–H groups in total. The molecule has 0 aliphatic carbocycles. The van der Waals surface area contributed by atoms with Crippen LogP contribution in [0.4, 0.5) is 0 Å². The molecule has 5 heteroatoms. The van der Waals surface area contributed by atoms with Crippen LogP contribution >= 0.6 is 0 Å². The molecule has 0 aromatic heterocycles. The van der Waals surface area contributed by atoms with Gasteiger partial charge >= 0.3 is 5.97 Å². The number of aliphatic carboxylic acids is 1. The van der Waals surface area contributed by atoms with Crippen molar-refractivity contribution >= 4 is 11.9 Å². The number of unbranched alkanes of at least 4 members (excludes halogenated alkanes) is 8. The maximum Gasteiger partial charge on any atom is 0.306 e. The van der Waals surface area contributed by atoms with Gasteiger partial charge in [-0.25, -0.2) is 0 Å². The molecular formula is C25H45NO4. The molecule has 0 spiro atoms. The van der Waals surface area contributed by atoms with Gasteiger partial charge in [0.05, 0.1) is 21.1 Å². The molecule has 0 saturated carbocycles. The number of hydrogen-bond donors (Lipinski definition) is 0. The van der Waals surface area contributed by atoms with E-state index >= 15 is 0 Å². The highest BCUT2D eigenvalue weighted by Gasteiger charge is 2.22. The summed E-state index contributed by atoms with van der Waals surface area (Å²) in [6.07, 6.45) is 21.0. The number of esters is 1. The molecule has 0 rings (SSSR count). The molecule has 1 atom stereocenters. The number of hydrogen-bond acceptors (Lipinski definition) is 4. The number of carbonyl (C=O) groups excluding carboxylic acids is 2. The first-order valence-corrected chi connectivity index (χ1v) is 11.7. The predicted molar refractivity (Wildman–Crippen MR) is 122 cm³/mol. The summed E-state index contributed by atoms with van der Waals surface area (Å²) in [6, 6.07) is 0. The Morgan fingerprint density at radius 3 is 2.00 bits per heavy atom. The molecule has 0 aromatic carbocycles. The summed E-state index contributed by atoms with van der Waals surface area (Å²) >= 11 is 0. The lowest BCUT2D eigenvalue weighted by atomic mass is 10.1. The largest absolute Gasteiger partial charge is 0.550 e. The van der Waals surface area contributed by atoms with Crippen molar-refractivity contribution in [3.63, 3.8) is 0 Å². The maximum absolute atomic E-state index is 12.0. The van der Waals surface area contributed by atoms with Crippen LogP contribution in [0.25, 0.3) is 0 Å². The van der Waals surface area contributed by atoms with E-state index in [0.717, 1.165) is 32.1 Å². The predicted octanol–water partition coefficient (Wildman–Crippen LogP) is 4.56. The van der Waals surface area contributed by atoms with Gasteiger partial charge in [-0.3, -0.25) is 4.79 Å². The van der Waals surface area contributed by atoms with Crippen molar-refractivity contribution in [1.82, 2.24) is 0 Å². The van der Waals surface area contributed by atoms with Crippen LogP contribution in [0.1, 0.15) is 90.4 Å². The monoisotopic (exact) mass is 423 g/mol. The number of nitrogens with zero attached hydrogens (tertiary/aromatic N) is 1. The van der Waals surface area contributed by atoms with E-state index in [-0.39, 0.29) is 12.4 Å². The first kappa shape index (κ1) is 28.4. The third-order valence-electron chi connectivity index (χ3n) is 4.78. The fourth-order valence-electron chi connectivity index (χ4n) is 3.27. The van der Waals surface area contributed by atoms with Crippen LogP contribution in [-0.2, 0) is 14.3 Å². The molecule has 0 heterocycles. The molecule has 30 heavy (non-hydrogen) atoms. The number of quaternary nitrogens is 1. The van der Waals surface area contributed by atoms with Gasteiger partial charge in [-0.05, 0) is 38.5 Å². The van der Waals surface area contributed by atoms with E-state index in [2.05, 4.69) is 31.2 Å². The molecule has 0 saturated heterocycles. The lowest BCUT2D eigenvalue weighted by Crippen LogP contribution is -2.45. The second kappa shape index (κ2) is 18.2. The number of carbonyl (C=O) groups is 2. The average molecular weight is 424 g/mol. The smallest absolute Gasteiger partial charge is 0.306 e. The zero-order valence-corrected chi connectivity index (χ0v) is 19.9. The summed E-state index contributed by atoms with van der Waals surface area (Å²) in [5.74, 6) is -1.49. The van der Waals surface area contributed by atoms with Crippen LogP contribution in [0, 0.1) is 0 Å². The Morgan fingerprint density at radius 1 is 0.867 bits per heavy atom. The van der Waals surface area contributed by atoms with E-state index in [1.54, 1.807) is 0 Å². The van der Waals surface area contributed by atoms with Gasteiger partial charge in [0, 0.05) is 18.8 Å². The standard InChI is InChI=1S/C25H45NO4/c1-5-6-7-8-9-10-11-12-13-14-15-16-17-18-19-20-25(29)30-23(21-24(27)28)22-26(2,3)4/h9-10,12-13,23H,5-8,11,14-22H2,1-4H3/b10-9+,13-12+. The van der Waals surface area contributed by atoms with Crippen LogP contribution in [0.3, 0.4) is 0 Å². The molecule has 0 aliphatic heterocycles. The number of carboxylic acid groups (broad SMARTS) is 1. The minimum absolute atomic E-state index is 0.247. The number of likely N-dealkylation sites (N-methyl/N-ethyl adjacent to an activating group) is 1. The van der Waals surface area contributed by atoms with Crippen molar-refractivity contribution in [3.8, 4) is 0 Å². The first-order valence-electron chi connectivity index (χ1n) is 11.7. The highest BCUT2D eigenvalue weighted by Crippen LogP contribution is 2.11. The molecule has 0 radical (unpaired) electrons. The Bertz CT molecular complexity index is 506. The minimum Gasteiger partial charge on any atom is -0.550 e. The summed E-state index contributed by atoms with van der Waals surface area (Å²) in [5, 5.41) is 10.9. The summed E-state index contributed by atoms with van der Waals surface area (Å²) in [7, 11) is 5.82. The maximum atomic E-state index is 12.0. The molecule has 0 aromatic rings. The second-order valence-electron chi connectivity index (χ2n) is 9.14. The van der Waals surface area contributed by atoms with Gasteiger partial charge in [0.25, 0.3) is 0 Å². The molecule has 0 fully saturated rings. The zero-order chi connectivity index (χ0) is 22.7. The van der Waals surface area contributed by atoms with Crippen molar-refractivity contribution in [2.75, 3.05) is 27.7 Å². The van der Waals surface area contributed by atoms with Gasteiger partial charge in [0.1, 0.15) is 6.54 Å². The molecule has 0 amide bonds. The Labute approximate surface area is 184 Å². The minimum atomic E-state index is -1.18. The molecule has 1 unspecified atom stereocenters. The number of rotatable bonds is 19. The summed E-state index contributed by atoms with van der Waals surface area (Å²) in [5.41, 5.74) is 0. The molecule has 0 aliphatic rings. The van der Waals surface area contributed by atoms with Crippen molar-refractivity contribution in [2.24, 2.45) is 0 Å². The van der Waals surface area contributed by atoms with Crippen molar-refractivity contribution in [1.29, 1.82) is 0 Å². The average Bonchev–Trinajstić information content (AvgIpc) is 2.63. The third-order valence-corrected chi connectivity index (χ3v) is 4.78. The molecule has 174 valence electrons. The number of ether oxygens (including phenoxy) is 1. The quantitative estimate of drug-likeness (QED) is 0.132. The summed E-state index contributed by atoms with van der Waals surface area (Å²) in [4.78, 5) is 22.9. The lowest BCUT2D eigenvalue weighted by Gasteiger charge is -2.29. The van der Waals surface area contributed by atoms with E-state index in [0.29, 0.717) is 17.4 Å². The van der Waals surface area contributed by atoms with Gasteiger partial charge in [-0.15, -0.1) is 0 Å². The van der Waals surface area contributed by atoms with E-state index < -0.39 is 12.1 Å². The molecule has 0 bridgehead atoms. The van der Waals surface area contributed by atoms with Gasteiger partial charge in [-0.1, -0.05) is 63.3 Å². The van der Waals surface area contributed by atoms with Gasteiger partial charge in [0.15, 0.2) is 6.10 Å². The Kier molecular flexibility index (Phi) is 17.2. The van der Waals surface area contributed by atoms with Gasteiger partial charge in [0.2, 0.25) is 0 Å². The molecular weight excluding hydrogens is 378 g/mol. The van der Waals surface area contributed by atoms with Crippen molar-refractivity contribution in [3.05, 3.63) is 24.3 Å². The second-order valence-corrected chi connectivity index (χ2v) is 9.14. The lowest BCUT2D eigenvalue weighted by molar-refractivity contribution is -0.873. The molecule has 5 nitrogen and oxygen atoms in total. The van der Waals surface area contributed by atoms with E-state index in [1.807, 2.05) is 21.1 Å². The normalized spacial score (nSPS) is 13.2. The van der Waals surface area contributed by atoms with Gasteiger partial charge < -0.3 is 19.1 Å². The van der Waals surface area contributed by atoms with Crippen LogP contribution in [0.15, 0.2) is 24.3 Å². The summed E-state index contributed by atoms with van der Waals surface area (Å²) < 4.78 is 5.90. The third kappa shape index (κ3) is 21.1.